The second kappa shape index (κ2) is 7.08. The number of piperidine rings is 1. The Kier molecular flexibility index (Phi) is 4.56. The smallest absolute Gasteiger partial charge is 0.167 e. The second-order valence-corrected chi connectivity index (χ2v) is 8.32. The van der Waals surface area contributed by atoms with Gasteiger partial charge in [-0.05, 0) is 18.9 Å². The number of para-hydroxylation sites is 1. The number of hydrogen-bond donors (Lipinski definition) is 0. The molecule has 5 rings (SSSR count). The molecule has 2 saturated heterocycles. The Morgan fingerprint density at radius 2 is 2.14 bits per heavy atom. The van der Waals surface area contributed by atoms with E-state index in [9.17, 15) is 0 Å². The van der Waals surface area contributed by atoms with Crippen LogP contribution in [0.15, 0.2) is 30.6 Å². The number of likely N-dealkylation sites (tertiary alicyclic amines) is 1. The van der Waals surface area contributed by atoms with E-state index >= 15 is 0 Å². The molecule has 0 radical (unpaired) electrons. The summed E-state index contributed by atoms with van der Waals surface area (Å²) in [5, 5.41) is 0. The molecule has 0 bridgehead atoms. The van der Waals surface area contributed by atoms with E-state index in [0.29, 0.717) is 5.92 Å². The Morgan fingerprint density at radius 3 is 2.89 bits per heavy atom. The van der Waals surface area contributed by atoms with Crippen LogP contribution in [-0.4, -0.2) is 46.9 Å². The van der Waals surface area contributed by atoms with Crippen LogP contribution >= 0.6 is 0 Å². The van der Waals surface area contributed by atoms with Crippen LogP contribution in [0, 0.1) is 5.92 Å². The summed E-state index contributed by atoms with van der Waals surface area (Å²) >= 11 is 0. The number of hydrogen-bond acceptors (Lipinski definition) is 5. The lowest BCUT2D eigenvalue weighted by Gasteiger charge is -2.53. The topological polar surface area (TPSA) is 48.8 Å². The molecule has 0 aliphatic carbocycles. The number of aryl methyl sites for hydroxylation is 1. The standard InChI is InChI=1S/C22H29N3O3/c1-24-13-10-23-19(24)15-25-11-8-22(9-12-25)17-6-4-14-27-20(17)16-5-3-7-18(26-2)21(16)28-22/h3,5,7,10,13,17,20H,4,6,8-9,11-12,14-15H2,1-2H3/t17-,20+/m0/s1. The van der Waals surface area contributed by atoms with E-state index in [-0.39, 0.29) is 11.7 Å². The molecule has 1 aromatic heterocycles. The molecule has 0 amide bonds. The predicted molar refractivity (Wildman–Crippen MR) is 105 cm³/mol. The van der Waals surface area contributed by atoms with Gasteiger partial charge in [0.25, 0.3) is 0 Å². The Labute approximate surface area is 166 Å². The van der Waals surface area contributed by atoms with Gasteiger partial charge in [-0.15, -0.1) is 0 Å². The zero-order valence-electron chi connectivity index (χ0n) is 16.8. The second-order valence-electron chi connectivity index (χ2n) is 8.32. The zero-order chi connectivity index (χ0) is 19.1. The fraction of sp³-hybridized carbons (Fsp3) is 0.591. The average Bonchev–Trinajstić information content (AvgIpc) is 3.14. The third-order valence-electron chi connectivity index (χ3n) is 6.83. The van der Waals surface area contributed by atoms with Crippen LogP contribution in [0.1, 0.15) is 43.2 Å². The van der Waals surface area contributed by atoms with Crippen LogP contribution in [0.3, 0.4) is 0 Å². The summed E-state index contributed by atoms with van der Waals surface area (Å²) in [5.41, 5.74) is 0.996. The van der Waals surface area contributed by atoms with Crippen LogP contribution in [0.2, 0.25) is 0 Å². The number of benzene rings is 1. The molecule has 2 fully saturated rings. The molecule has 2 atom stereocenters. The average molecular weight is 383 g/mol. The van der Waals surface area contributed by atoms with Crippen LogP contribution in [0.25, 0.3) is 0 Å². The van der Waals surface area contributed by atoms with Crippen LogP contribution in [0.5, 0.6) is 11.5 Å². The van der Waals surface area contributed by atoms with Crippen molar-refractivity contribution in [3.8, 4) is 11.5 Å². The van der Waals surface area contributed by atoms with Crippen molar-refractivity contribution in [3.05, 3.63) is 42.0 Å². The molecule has 1 aromatic carbocycles. The number of fused-ring (bicyclic) bond motifs is 4. The Hall–Kier alpha value is -2.05. The van der Waals surface area contributed by atoms with Gasteiger partial charge in [-0.2, -0.15) is 0 Å². The molecule has 2 aromatic rings. The molecule has 6 heteroatoms. The third kappa shape index (κ3) is 2.90. The fourth-order valence-electron chi connectivity index (χ4n) is 5.24. The lowest BCUT2D eigenvalue weighted by Crippen LogP contribution is -2.57. The minimum atomic E-state index is -0.162. The highest BCUT2D eigenvalue weighted by Gasteiger charge is 2.53. The number of imidazole rings is 1. The molecular weight excluding hydrogens is 354 g/mol. The molecule has 6 nitrogen and oxygen atoms in total. The van der Waals surface area contributed by atoms with E-state index in [0.717, 1.165) is 68.4 Å². The van der Waals surface area contributed by atoms with Gasteiger partial charge in [-0.25, -0.2) is 4.98 Å². The van der Waals surface area contributed by atoms with E-state index in [4.69, 9.17) is 14.2 Å². The summed E-state index contributed by atoms with van der Waals surface area (Å²) in [5.74, 6) is 3.24. The van der Waals surface area contributed by atoms with E-state index in [1.54, 1.807) is 7.11 Å². The Bertz CT molecular complexity index is 841. The highest BCUT2D eigenvalue weighted by molar-refractivity contribution is 5.50. The lowest BCUT2D eigenvalue weighted by atomic mass is 9.70. The third-order valence-corrected chi connectivity index (χ3v) is 6.83. The van der Waals surface area contributed by atoms with Gasteiger partial charge < -0.3 is 18.8 Å². The van der Waals surface area contributed by atoms with Gasteiger partial charge in [-0.3, -0.25) is 4.90 Å². The van der Waals surface area contributed by atoms with Crippen molar-refractivity contribution in [1.82, 2.24) is 14.5 Å². The van der Waals surface area contributed by atoms with E-state index in [1.165, 1.54) is 6.42 Å². The van der Waals surface area contributed by atoms with E-state index < -0.39 is 0 Å². The molecule has 0 unspecified atom stereocenters. The number of nitrogens with zero attached hydrogens (tertiary/aromatic N) is 3. The van der Waals surface area contributed by atoms with Crippen LogP contribution in [-0.2, 0) is 18.3 Å². The van der Waals surface area contributed by atoms with Crippen LogP contribution in [0.4, 0.5) is 0 Å². The quantitative estimate of drug-likeness (QED) is 0.814. The first kappa shape index (κ1) is 18.0. The van der Waals surface area contributed by atoms with Crippen molar-refractivity contribution in [2.24, 2.45) is 13.0 Å². The van der Waals surface area contributed by atoms with Gasteiger partial charge in [0, 0.05) is 63.5 Å². The monoisotopic (exact) mass is 383 g/mol. The van der Waals surface area contributed by atoms with E-state index in [2.05, 4.69) is 27.6 Å². The van der Waals surface area contributed by atoms with Gasteiger partial charge in [0.15, 0.2) is 11.5 Å². The summed E-state index contributed by atoms with van der Waals surface area (Å²) < 4.78 is 20.8. The maximum atomic E-state index is 6.81. The number of methoxy groups -OCH3 is 1. The first-order valence-electron chi connectivity index (χ1n) is 10.4. The van der Waals surface area contributed by atoms with Gasteiger partial charge >= 0.3 is 0 Å². The molecule has 0 saturated carbocycles. The lowest BCUT2D eigenvalue weighted by molar-refractivity contribution is -0.150. The van der Waals surface area contributed by atoms with Gasteiger partial charge in [0.05, 0.1) is 19.8 Å². The fourth-order valence-corrected chi connectivity index (χ4v) is 5.24. The minimum absolute atomic E-state index is 0.119. The van der Waals surface area contributed by atoms with Crippen molar-refractivity contribution in [1.29, 1.82) is 0 Å². The maximum Gasteiger partial charge on any atom is 0.167 e. The molecule has 0 N–H and O–H groups in total. The highest BCUT2D eigenvalue weighted by Crippen LogP contribution is 2.55. The molecule has 3 aliphatic rings. The molecule has 1 spiro atoms. The zero-order valence-corrected chi connectivity index (χ0v) is 16.8. The van der Waals surface area contributed by atoms with Crippen molar-refractivity contribution < 1.29 is 14.2 Å². The summed E-state index contributed by atoms with van der Waals surface area (Å²) in [6.07, 6.45) is 8.31. The molecular formula is C22H29N3O3. The number of ether oxygens (including phenoxy) is 3. The minimum Gasteiger partial charge on any atom is -0.493 e. The van der Waals surface area contributed by atoms with Crippen molar-refractivity contribution in [2.75, 3.05) is 26.8 Å². The summed E-state index contributed by atoms with van der Waals surface area (Å²) in [7, 11) is 3.78. The number of rotatable bonds is 3. The molecule has 3 aliphatic heterocycles. The molecule has 4 heterocycles. The first-order valence-corrected chi connectivity index (χ1v) is 10.4. The Morgan fingerprint density at radius 1 is 1.29 bits per heavy atom. The first-order chi connectivity index (χ1) is 13.7. The summed E-state index contributed by atoms with van der Waals surface area (Å²) in [4.78, 5) is 6.98. The largest absolute Gasteiger partial charge is 0.493 e. The van der Waals surface area contributed by atoms with Crippen molar-refractivity contribution >= 4 is 0 Å². The Balaban J connectivity index is 1.41. The van der Waals surface area contributed by atoms with E-state index in [1.807, 2.05) is 24.5 Å². The SMILES string of the molecule is COc1cccc2c1OC1(CCN(Cc3nccn3C)CC1)[C@H]1CCCO[C@H]21. The van der Waals surface area contributed by atoms with Gasteiger partial charge in [0.1, 0.15) is 11.4 Å². The number of aromatic nitrogens is 2. The normalized spacial score (nSPS) is 26.4. The predicted octanol–water partition coefficient (Wildman–Crippen LogP) is 3.32. The van der Waals surface area contributed by atoms with Crippen LogP contribution < -0.4 is 9.47 Å². The molecule has 150 valence electrons. The maximum absolute atomic E-state index is 6.81. The summed E-state index contributed by atoms with van der Waals surface area (Å²) in [6, 6.07) is 6.18. The van der Waals surface area contributed by atoms with Crippen molar-refractivity contribution in [3.63, 3.8) is 0 Å². The van der Waals surface area contributed by atoms with Crippen molar-refractivity contribution in [2.45, 2.75) is 43.9 Å². The van der Waals surface area contributed by atoms with Gasteiger partial charge in [-0.1, -0.05) is 12.1 Å². The van der Waals surface area contributed by atoms with Gasteiger partial charge in [0.2, 0.25) is 0 Å². The molecule has 28 heavy (non-hydrogen) atoms. The summed E-state index contributed by atoms with van der Waals surface area (Å²) in [6.45, 7) is 3.75. The highest BCUT2D eigenvalue weighted by atomic mass is 16.5.